The second kappa shape index (κ2) is 6.99. The van der Waals surface area contributed by atoms with Crippen molar-refractivity contribution in [2.24, 2.45) is 0 Å². The van der Waals surface area contributed by atoms with Crippen LogP contribution in [0.4, 0.5) is 4.39 Å². The fraction of sp³-hybridized carbons (Fsp3) is 0.304. The van der Waals surface area contributed by atoms with Crippen LogP contribution in [0.25, 0.3) is 10.9 Å². The van der Waals surface area contributed by atoms with Gasteiger partial charge in [0.2, 0.25) is 0 Å². The standard InChI is InChI=1S/C23H22FN3O/c24-20-7-3-6-16-8-9-21(25-22(16)20)23(28)27-12-10-26(11-13-27)19-14-17-4-1-2-5-18(17)15-19/h1-9,19H,10-15H2. The van der Waals surface area contributed by atoms with Gasteiger partial charge in [-0.25, -0.2) is 9.37 Å². The molecule has 0 saturated carbocycles. The van der Waals surface area contributed by atoms with Crippen LogP contribution < -0.4 is 0 Å². The number of rotatable bonds is 2. The molecule has 1 fully saturated rings. The molecule has 2 aromatic carbocycles. The van der Waals surface area contributed by atoms with E-state index < -0.39 is 5.82 Å². The van der Waals surface area contributed by atoms with Gasteiger partial charge in [-0.2, -0.15) is 0 Å². The minimum Gasteiger partial charge on any atom is -0.335 e. The normalized spacial score (nSPS) is 17.8. The van der Waals surface area contributed by atoms with Gasteiger partial charge >= 0.3 is 0 Å². The van der Waals surface area contributed by atoms with Crippen molar-refractivity contribution in [3.63, 3.8) is 0 Å². The van der Waals surface area contributed by atoms with Crippen molar-refractivity contribution in [3.05, 3.63) is 77.2 Å². The maximum Gasteiger partial charge on any atom is 0.272 e. The summed E-state index contributed by atoms with van der Waals surface area (Å²) in [6.07, 6.45) is 2.19. The summed E-state index contributed by atoms with van der Waals surface area (Å²) in [5, 5.41) is 0.710. The van der Waals surface area contributed by atoms with Gasteiger partial charge in [-0.05, 0) is 36.1 Å². The number of carbonyl (C=O) groups is 1. The second-order valence-corrected chi connectivity index (χ2v) is 7.67. The first-order valence-electron chi connectivity index (χ1n) is 9.84. The van der Waals surface area contributed by atoms with Crippen LogP contribution in [0.3, 0.4) is 0 Å². The van der Waals surface area contributed by atoms with Crippen molar-refractivity contribution in [2.45, 2.75) is 18.9 Å². The van der Waals surface area contributed by atoms with E-state index in [1.165, 1.54) is 17.2 Å². The van der Waals surface area contributed by atoms with E-state index in [2.05, 4.69) is 34.1 Å². The molecule has 0 N–H and O–H groups in total. The summed E-state index contributed by atoms with van der Waals surface area (Å²) in [5.41, 5.74) is 3.48. The Bertz CT molecular complexity index is 1020. The fourth-order valence-corrected chi connectivity index (χ4v) is 4.48. The van der Waals surface area contributed by atoms with E-state index in [-0.39, 0.29) is 11.4 Å². The van der Waals surface area contributed by atoms with Gasteiger partial charge in [-0.15, -0.1) is 0 Å². The lowest BCUT2D eigenvalue weighted by atomic mass is 10.1. The molecule has 28 heavy (non-hydrogen) atoms. The molecule has 1 aromatic heterocycles. The third-order valence-corrected chi connectivity index (χ3v) is 6.04. The zero-order valence-electron chi connectivity index (χ0n) is 15.6. The first-order valence-corrected chi connectivity index (χ1v) is 9.84. The molecule has 3 aromatic rings. The van der Waals surface area contributed by atoms with E-state index in [0.29, 0.717) is 30.2 Å². The maximum absolute atomic E-state index is 14.0. The Kier molecular flexibility index (Phi) is 4.32. The van der Waals surface area contributed by atoms with Crippen LogP contribution in [-0.4, -0.2) is 52.9 Å². The number of aromatic nitrogens is 1. The van der Waals surface area contributed by atoms with Crippen molar-refractivity contribution >= 4 is 16.8 Å². The lowest BCUT2D eigenvalue weighted by Crippen LogP contribution is -2.52. The molecular weight excluding hydrogens is 353 g/mol. The van der Waals surface area contributed by atoms with Crippen molar-refractivity contribution in [3.8, 4) is 0 Å². The average molecular weight is 375 g/mol. The van der Waals surface area contributed by atoms with E-state index in [1.54, 1.807) is 24.3 Å². The summed E-state index contributed by atoms with van der Waals surface area (Å²) < 4.78 is 14.0. The third-order valence-electron chi connectivity index (χ3n) is 6.04. The molecule has 2 heterocycles. The van der Waals surface area contributed by atoms with E-state index >= 15 is 0 Å². The highest BCUT2D eigenvalue weighted by atomic mass is 19.1. The Hall–Kier alpha value is -2.79. The molecule has 0 spiro atoms. The first-order chi connectivity index (χ1) is 13.7. The number of nitrogens with zero attached hydrogens (tertiary/aromatic N) is 3. The molecule has 5 rings (SSSR count). The highest BCUT2D eigenvalue weighted by Gasteiger charge is 2.30. The number of piperazine rings is 1. The van der Waals surface area contributed by atoms with E-state index in [1.807, 2.05) is 4.90 Å². The lowest BCUT2D eigenvalue weighted by Gasteiger charge is -2.38. The summed E-state index contributed by atoms with van der Waals surface area (Å²) in [6.45, 7) is 3.10. The SMILES string of the molecule is O=C(c1ccc2cccc(F)c2n1)N1CCN(C2Cc3ccccc3C2)CC1. The van der Waals surface area contributed by atoms with Crippen LogP contribution in [0.2, 0.25) is 0 Å². The molecule has 1 saturated heterocycles. The third kappa shape index (κ3) is 3.06. The number of carbonyl (C=O) groups excluding carboxylic acids is 1. The second-order valence-electron chi connectivity index (χ2n) is 7.67. The molecule has 1 aliphatic heterocycles. The van der Waals surface area contributed by atoms with Crippen LogP contribution in [0.1, 0.15) is 21.6 Å². The van der Waals surface area contributed by atoms with Gasteiger partial charge in [0.05, 0.1) is 0 Å². The molecular formula is C23H22FN3O. The highest BCUT2D eigenvalue weighted by Crippen LogP contribution is 2.26. The summed E-state index contributed by atoms with van der Waals surface area (Å²) in [6, 6.07) is 17.5. The lowest BCUT2D eigenvalue weighted by molar-refractivity contribution is 0.0571. The summed E-state index contributed by atoms with van der Waals surface area (Å²) in [5.74, 6) is -0.503. The molecule has 2 aliphatic rings. The minimum atomic E-state index is -0.391. The summed E-state index contributed by atoms with van der Waals surface area (Å²) >= 11 is 0. The van der Waals surface area contributed by atoms with Gasteiger partial charge in [0.15, 0.2) is 0 Å². The molecule has 0 radical (unpaired) electrons. The molecule has 4 nitrogen and oxygen atoms in total. The predicted molar refractivity (Wildman–Crippen MR) is 107 cm³/mol. The van der Waals surface area contributed by atoms with Crippen molar-refractivity contribution in [2.75, 3.05) is 26.2 Å². The monoisotopic (exact) mass is 375 g/mol. The first kappa shape index (κ1) is 17.3. The molecule has 0 atom stereocenters. The fourth-order valence-electron chi connectivity index (χ4n) is 4.48. The van der Waals surface area contributed by atoms with Crippen molar-refractivity contribution in [1.82, 2.24) is 14.8 Å². The van der Waals surface area contributed by atoms with Crippen LogP contribution >= 0.6 is 0 Å². The maximum atomic E-state index is 14.0. The Morgan fingerprint density at radius 3 is 2.32 bits per heavy atom. The van der Waals surface area contributed by atoms with Gasteiger partial charge in [0.25, 0.3) is 5.91 Å². The largest absolute Gasteiger partial charge is 0.335 e. The Balaban J connectivity index is 1.26. The minimum absolute atomic E-state index is 0.112. The Morgan fingerprint density at radius 2 is 1.61 bits per heavy atom. The van der Waals surface area contributed by atoms with E-state index in [4.69, 9.17) is 0 Å². The van der Waals surface area contributed by atoms with Gasteiger partial charge in [-0.1, -0.05) is 42.5 Å². The topological polar surface area (TPSA) is 36.4 Å². The number of halogens is 1. The van der Waals surface area contributed by atoms with Crippen LogP contribution in [0.15, 0.2) is 54.6 Å². The number of para-hydroxylation sites is 1. The van der Waals surface area contributed by atoms with Gasteiger partial charge in [0.1, 0.15) is 17.0 Å². The smallest absolute Gasteiger partial charge is 0.272 e. The van der Waals surface area contributed by atoms with Crippen molar-refractivity contribution < 1.29 is 9.18 Å². The van der Waals surface area contributed by atoms with Gasteiger partial charge in [-0.3, -0.25) is 9.69 Å². The molecule has 142 valence electrons. The molecule has 1 aliphatic carbocycles. The average Bonchev–Trinajstić information content (AvgIpc) is 3.18. The van der Waals surface area contributed by atoms with Crippen LogP contribution in [0.5, 0.6) is 0 Å². The highest BCUT2D eigenvalue weighted by molar-refractivity contribution is 5.95. The quantitative estimate of drug-likeness (QED) is 0.690. The molecule has 0 bridgehead atoms. The Morgan fingerprint density at radius 1 is 0.893 bits per heavy atom. The summed E-state index contributed by atoms with van der Waals surface area (Å²) in [7, 11) is 0. The zero-order valence-corrected chi connectivity index (χ0v) is 15.6. The van der Waals surface area contributed by atoms with E-state index in [9.17, 15) is 9.18 Å². The zero-order chi connectivity index (χ0) is 19.1. The number of amides is 1. The molecule has 0 unspecified atom stereocenters. The van der Waals surface area contributed by atoms with Crippen molar-refractivity contribution in [1.29, 1.82) is 0 Å². The van der Waals surface area contributed by atoms with Crippen LogP contribution in [-0.2, 0) is 12.8 Å². The van der Waals surface area contributed by atoms with E-state index in [0.717, 1.165) is 25.9 Å². The number of fused-ring (bicyclic) bond motifs is 2. The number of hydrogen-bond donors (Lipinski definition) is 0. The number of hydrogen-bond acceptors (Lipinski definition) is 3. The molecule has 5 heteroatoms. The Labute approximate surface area is 163 Å². The van der Waals surface area contributed by atoms with Crippen LogP contribution in [0, 0.1) is 5.82 Å². The van der Waals surface area contributed by atoms with Gasteiger partial charge in [0, 0.05) is 37.6 Å². The molecule has 1 amide bonds. The predicted octanol–water partition coefficient (Wildman–Crippen LogP) is 3.30. The number of benzene rings is 2. The number of pyridine rings is 1. The van der Waals surface area contributed by atoms with Gasteiger partial charge < -0.3 is 4.90 Å². The summed E-state index contributed by atoms with van der Waals surface area (Å²) in [4.78, 5) is 21.5.